The lowest BCUT2D eigenvalue weighted by Gasteiger charge is -2.34. The molecule has 1 aliphatic rings. The summed E-state index contributed by atoms with van der Waals surface area (Å²) in [6.45, 7) is 0.296. The summed E-state index contributed by atoms with van der Waals surface area (Å²) >= 11 is 13.0. The van der Waals surface area contributed by atoms with Crippen LogP contribution in [-0.2, 0) is 16.0 Å². The van der Waals surface area contributed by atoms with Crippen LogP contribution in [0.1, 0.15) is 28.8 Å². The van der Waals surface area contributed by atoms with Crippen molar-refractivity contribution in [2.24, 2.45) is 5.92 Å². The normalized spacial score (nSPS) is 15.7. The van der Waals surface area contributed by atoms with Gasteiger partial charge >= 0.3 is 5.97 Å². The zero-order valence-electron chi connectivity index (χ0n) is 18.7. The molecule has 0 bridgehead atoms. The smallest absolute Gasteiger partial charge is 0.337 e. The van der Waals surface area contributed by atoms with Crippen LogP contribution in [0.4, 0.5) is 14.5 Å². The molecule has 3 aromatic carbocycles. The second kappa shape index (κ2) is 10.6. The number of hydrogen-bond acceptors (Lipinski definition) is 4. The first-order chi connectivity index (χ1) is 16.7. The summed E-state index contributed by atoms with van der Waals surface area (Å²) in [5, 5.41) is 0.446. The number of ether oxygens (including phenoxy) is 2. The number of nitrogens with zero attached hydrogens (tertiary/aromatic N) is 1. The predicted octanol–water partition coefficient (Wildman–Crippen LogP) is 6.84. The van der Waals surface area contributed by atoms with E-state index in [0.29, 0.717) is 47.7 Å². The van der Waals surface area contributed by atoms with Crippen LogP contribution in [0.5, 0.6) is 11.5 Å². The van der Waals surface area contributed by atoms with Gasteiger partial charge in [0.1, 0.15) is 23.1 Å². The fraction of sp³-hybridized carbons (Fsp3) is 0.231. The lowest BCUT2D eigenvalue weighted by Crippen LogP contribution is -2.41. The molecular weight excluding hydrogens is 499 g/mol. The number of carbonyl (C=O) groups excluding carboxylic acids is 2. The summed E-state index contributed by atoms with van der Waals surface area (Å²) in [5.74, 6) is -1.09. The van der Waals surface area contributed by atoms with Gasteiger partial charge in [-0.1, -0.05) is 29.3 Å². The molecule has 0 aromatic heterocycles. The molecule has 0 aliphatic carbocycles. The van der Waals surface area contributed by atoms with E-state index in [0.717, 1.165) is 6.07 Å². The van der Waals surface area contributed by atoms with Gasteiger partial charge in [0.15, 0.2) is 0 Å². The number of benzene rings is 3. The third-order valence-electron chi connectivity index (χ3n) is 5.80. The SMILES string of the molecule is COC(=O)c1ccc(Oc2cc(Cl)c(N3CC(Cc4ccc(F)cc4F)CCC3=O)c(Cl)c2)cc1. The zero-order chi connectivity index (χ0) is 25.1. The maximum Gasteiger partial charge on any atom is 0.337 e. The number of carbonyl (C=O) groups is 2. The lowest BCUT2D eigenvalue weighted by molar-refractivity contribution is -0.120. The van der Waals surface area contributed by atoms with Crippen LogP contribution in [0.25, 0.3) is 0 Å². The molecule has 1 atom stereocenters. The van der Waals surface area contributed by atoms with Crippen LogP contribution in [0.3, 0.4) is 0 Å². The molecule has 0 saturated carbocycles. The number of hydrogen-bond donors (Lipinski definition) is 0. The topological polar surface area (TPSA) is 55.8 Å². The quantitative estimate of drug-likeness (QED) is 0.334. The van der Waals surface area contributed by atoms with Crippen LogP contribution >= 0.6 is 23.2 Å². The van der Waals surface area contributed by atoms with Crippen LogP contribution in [0, 0.1) is 17.6 Å². The average Bonchev–Trinajstić information content (AvgIpc) is 2.82. The first-order valence-corrected chi connectivity index (χ1v) is 11.6. The minimum absolute atomic E-state index is 0.0518. The van der Waals surface area contributed by atoms with Crippen LogP contribution < -0.4 is 9.64 Å². The van der Waals surface area contributed by atoms with E-state index in [1.165, 1.54) is 24.1 Å². The van der Waals surface area contributed by atoms with Gasteiger partial charge in [-0.3, -0.25) is 4.79 Å². The van der Waals surface area contributed by atoms with E-state index in [9.17, 15) is 18.4 Å². The highest BCUT2D eigenvalue weighted by Crippen LogP contribution is 2.41. The van der Waals surface area contributed by atoms with Gasteiger partial charge in [0.25, 0.3) is 0 Å². The summed E-state index contributed by atoms with van der Waals surface area (Å²) in [6, 6.07) is 12.9. The standard InChI is InChI=1S/C26H21Cl2F2NO4/c1-34-26(33)16-4-7-19(8-5-16)35-20-12-21(27)25(22(28)13-20)31-14-15(2-9-24(31)32)10-17-3-6-18(29)11-23(17)30/h3-8,11-13,15H,2,9-10,14H2,1H3. The Kier molecular flexibility index (Phi) is 7.57. The molecule has 1 amide bonds. The van der Waals surface area contributed by atoms with Crippen molar-refractivity contribution in [3.05, 3.63) is 87.4 Å². The zero-order valence-corrected chi connectivity index (χ0v) is 20.2. The Labute approximate surface area is 211 Å². The van der Waals surface area contributed by atoms with Gasteiger partial charge in [-0.2, -0.15) is 0 Å². The Bertz CT molecular complexity index is 1240. The molecule has 0 spiro atoms. The third-order valence-corrected chi connectivity index (χ3v) is 6.38. The number of amides is 1. The van der Waals surface area contributed by atoms with Gasteiger partial charge < -0.3 is 14.4 Å². The Morgan fingerprint density at radius 1 is 1.03 bits per heavy atom. The van der Waals surface area contributed by atoms with E-state index in [1.807, 2.05) is 0 Å². The van der Waals surface area contributed by atoms with Crippen molar-refractivity contribution < 1.29 is 27.8 Å². The molecule has 3 aromatic rings. The average molecular weight is 520 g/mol. The molecule has 1 fully saturated rings. The predicted molar refractivity (Wildman–Crippen MR) is 129 cm³/mol. The maximum absolute atomic E-state index is 14.1. The number of anilines is 1. The molecule has 1 heterocycles. The molecule has 5 nitrogen and oxygen atoms in total. The summed E-state index contributed by atoms with van der Waals surface area (Å²) in [6.07, 6.45) is 1.18. The highest BCUT2D eigenvalue weighted by molar-refractivity contribution is 6.40. The molecular formula is C26H21Cl2F2NO4. The molecule has 0 N–H and O–H groups in total. The minimum atomic E-state index is -0.632. The molecule has 4 rings (SSSR count). The molecule has 1 saturated heterocycles. The van der Waals surface area contributed by atoms with E-state index >= 15 is 0 Å². The fourth-order valence-corrected chi connectivity index (χ4v) is 4.74. The van der Waals surface area contributed by atoms with E-state index in [-0.39, 0.29) is 28.3 Å². The minimum Gasteiger partial charge on any atom is -0.465 e. The first kappa shape index (κ1) is 24.9. The van der Waals surface area contributed by atoms with E-state index < -0.39 is 17.6 Å². The van der Waals surface area contributed by atoms with Crippen molar-refractivity contribution in [1.29, 1.82) is 0 Å². The summed E-state index contributed by atoms with van der Waals surface area (Å²) < 4.78 is 37.8. The Hall–Kier alpha value is -3.16. The summed E-state index contributed by atoms with van der Waals surface area (Å²) in [7, 11) is 1.30. The summed E-state index contributed by atoms with van der Waals surface area (Å²) in [5.41, 5.74) is 1.13. The van der Waals surface area contributed by atoms with Crippen molar-refractivity contribution >= 4 is 40.8 Å². The molecule has 1 aliphatic heterocycles. The van der Waals surface area contributed by atoms with E-state index in [2.05, 4.69) is 4.74 Å². The molecule has 1 unspecified atom stereocenters. The first-order valence-electron chi connectivity index (χ1n) is 10.8. The highest BCUT2D eigenvalue weighted by atomic mass is 35.5. The van der Waals surface area contributed by atoms with E-state index in [4.69, 9.17) is 27.9 Å². The maximum atomic E-state index is 14.1. The molecule has 182 valence electrons. The largest absolute Gasteiger partial charge is 0.465 e. The number of esters is 1. The van der Waals surface area contributed by atoms with Gasteiger partial charge in [-0.05, 0) is 54.7 Å². The number of piperidine rings is 1. The van der Waals surface area contributed by atoms with Gasteiger partial charge in [-0.25, -0.2) is 13.6 Å². The highest BCUT2D eigenvalue weighted by Gasteiger charge is 2.30. The van der Waals surface area contributed by atoms with Crippen molar-refractivity contribution in [3.63, 3.8) is 0 Å². The number of halogens is 4. The number of methoxy groups -OCH3 is 1. The molecule has 0 radical (unpaired) electrons. The van der Waals surface area contributed by atoms with Crippen molar-refractivity contribution in [3.8, 4) is 11.5 Å². The lowest BCUT2D eigenvalue weighted by atomic mass is 9.90. The van der Waals surface area contributed by atoms with Crippen molar-refractivity contribution in [2.75, 3.05) is 18.6 Å². The molecule has 35 heavy (non-hydrogen) atoms. The Morgan fingerprint density at radius 2 is 1.71 bits per heavy atom. The fourth-order valence-electron chi connectivity index (χ4n) is 4.07. The Morgan fingerprint density at radius 3 is 2.34 bits per heavy atom. The second-order valence-electron chi connectivity index (χ2n) is 8.20. The third kappa shape index (κ3) is 5.74. The van der Waals surface area contributed by atoms with Crippen LogP contribution in [-0.4, -0.2) is 25.5 Å². The van der Waals surface area contributed by atoms with Gasteiger partial charge in [0.2, 0.25) is 5.91 Å². The van der Waals surface area contributed by atoms with E-state index in [1.54, 1.807) is 36.4 Å². The monoisotopic (exact) mass is 519 g/mol. The number of rotatable bonds is 6. The summed E-state index contributed by atoms with van der Waals surface area (Å²) in [4.78, 5) is 25.8. The van der Waals surface area contributed by atoms with Crippen molar-refractivity contribution in [1.82, 2.24) is 0 Å². The molecule has 9 heteroatoms. The van der Waals surface area contributed by atoms with Crippen LogP contribution in [0.2, 0.25) is 10.0 Å². The van der Waals surface area contributed by atoms with Gasteiger partial charge in [-0.15, -0.1) is 0 Å². The van der Waals surface area contributed by atoms with Crippen LogP contribution in [0.15, 0.2) is 54.6 Å². The van der Waals surface area contributed by atoms with Gasteiger partial charge in [0, 0.05) is 31.2 Å². The van der Waals surface area contributed by atoms with Gasteiger partial charge in [0.05, 0.1) is 28.4 Å². The second-order valence-corrected chi connectivity index (χ2v) is 9.02. The Balaban J connectivity index is 1.51. The van der Waals surface area contributed by atoms with Crippen molar-refractivity contribution in [2.45, 2.75) is 19.3 Å².